The van der Waals surface area contributed by atoms with E-state index >= 15 is 0 Å². The van der Waals surface area contributed by atoms with E-state index in [0.717, 1.165) is 31.5 Å². The Morgan fingerprint density at radius 2 is 1.97 bits per heavy atom. The van der Waals surface area contributed by atoms with Crippen LogP contribution >= 0.6 is 11.8 Å². The van der Waals surface area contributed by atoms with Crippen molar-refractivity contribution >= 4 is 34.5 Å². The quantitative estimate of drug-likeness (QED) is 0.279. The van der Waals surface area contributed by atoms with E-state index in [1.165, 1.54) is 18.9 Å². The van der Waals surface area contributed by atoms with Crippen LogP contribution in [0.3, 0.4) is 0 Å². The van der Waals surface area contributed by atoms with E-state index in [2.05, 4.69) is 6.92 Å². The molecule has 8 heteroatoms. The largest absolute Gasteiger partial charge is 0.465 e. The van der Waals surface area contributed by atoms with Gasteiger partial charge in [0.1, 0.15) is 0 Å². The lowest BCUT2D eigenvalue weighted by molar-refractivity contribution is -0.132. The zero-order valence-electron chi connectivity index (χ0n) is 20.4. The minimum atomic E-state index is -0.487. The molecule has 0 aliphatic carbocycles. The topological polar surface area (TPSA) is 81.5 Å². The van der Waals surface area contributed by atoms with Gasteiger partial charge < -0.3 is 9.64 Å². The van der Waals surface area contributed by atoms with Crippen molar-refractivity contribution in [3.63, 3.8) is 0 Å². The summed E-state index contributed by atoms with van der Waals surface area (Å²) in [4.78, 5) is 45.4. The highest BCUT2D eigenvalue weighted by Gasteiger charge is 2.27. The SMILES string of the molecule is COC(=O)c1ccc2c(=O)n(CCc3ccccc3)c(S[C@@H](C)C(=O)N3CCC[C@H](C)C3)nc2c1. The number of esters is 1. The fourth-order valence-electron chi connectivity index (χ4n) is 4.47. The van der Waals surface area contributed by atoms with E-state index in [1.54, 1.807) is 22.8 Å². The van der Waals surface area contributed by atoms with E-state index in [-0.39, 0.29) is 11.5 Å². The smallest absolute Gasteiger partial charge is 0.337 e. The number of aryl methyl sites for hydroxylation is 1. The first kappa shape index (κ1) is 25.0. The molecular formula is C27H31N3O4S. The third-order valence-corrected chi connectivity index (χ3v) is 7.48. The van der Waals surface area contributed by atoms with Crippen molar-refractivity contribution in [2.24, 2.45) is 5.92 Å². The number of benzene rings is 2. The van der Waals surface area contributed by atoms with Crippen LogP contribution in [0, 0.1) is 5.92 Å². The molecule has 0 spiro atoms. The molecule has 0 radical (unpaired) electrons. The predicted molar refractivity (Wildman–Crippen MR) is 138 cm³/mol. The van der Waals surface area contributed by atoms with Crippen molar-refractivity contribution in [2.75, 3.05) is 20.2 Å². The standard InChI is InChI=1S/C27H31N3O4S/c1-18-8-7-14-29(17-18)24(31)19(2)35-27-28-23-16-21(26(33)34-3)11-12-22(23)25(32)30(27)15-13-20-9-5-4-6-10-20/h4-6,9-12,16,18-19H,7-8,13-15,17H2,1-3H3/t18-,19-/m0/s1. The van der Waals surface area contributed by atoms with Crippen molar-refractivity contribution in [1.29, 1.82) is 0 Å². The lowest BCUT2D eigenvalue weighted by Gasteiger charge is -2.32. The maximum Gasteiger partial charge on any atom is 0.337 e. The molecule has 0 unspecified atom stereocenters. The molecule has 184 valence electrons. The van der Waals surface area contributed by atoms with Crippen LogP contribution in [0.15, 0.2) is 58.5 Å². The summed E-state index contributed by atoms with van der Waals surface area (Å²) < 4.78 is 6.48. The molecule has 2 aromatic carbocycles. The second kappa shape index (κ2) is 11.1. The molecule has 1 amide bonds. The fraction of sp³-hybridized carbons (Fsp3) is 0.407. The van der Waals surface area contributed by atoms with Gasteiger partial charge in [-0.2, -0.15) is 0 Å². The number of likely N-dealkylation sites (tertiary alicyclic amines) is 1. The second-order valence-electron chi connectivity index (χ2n) is 9.10. The van der Waals surface area contributed by atoms with E-state index in [4.69, 9.17) is 9.72 Å². The molecule has 1 aliphatic heterocycles. The summed E-state index contributed by atoms with van der Waals surface area (Å²) in [6.45, 7) is 6.01. The number of hydrogen-bond acceptors (Lipinski definition) is 6. The number of carbonyl (C=O) groups excluding carboxylic acids is 2. The summed E-state index contributed by atoms with van der Waals surface area (Å²) in [6.07, 6.45) is 2.81. The number of rotatable bonds is 7. The Morgan fingerprint density at radius 3 is 2.69 bits per heavy atom. The Bertz CT molecular complexity index is 1270. The molecule has 2 heterocycles. The number of aromatic nitrogens is 2. The lowest BCUT2D eigenvalue weighted by atomic mass is 10.0. The third-order valence-electron chi connectivity index (χ3n) is 6.41. The summed E-state index contributed by atoms with van der Waals surface area (Å²) in [6, 6.07) is 14.7. The fourth-order valence-corrected chi connectivity index (χ4v) is 5.49. The van der Waals surface area contributed by atoms with Crippen LogP contribution in [0.4, 0.5) is 0 Å². The minimum absolute atomic E-state index is 0.0637. The van der Waals surface area contributed by atoms with Crippen LogP contribution in [0.2, 0.25) is 0 Å². The van der Waals surface area contributed by atoms with Crippen LogP contribution in [0.5, 0.6) is 0 Å². The molecule has 1 saturated heterocycles. The van der Waals surface area contributed by atoms with E-state index in [1.807, 2.05) is 42.2 Å². The monoisotopic (exact) mass is 493 g/mol. The Kier molecular flexibility index (Phi) is 7.90. The Balaban J connectivity index is 1.69. The molecule has 0 N–H and O–H groups in total. The summed E-state index contributed by atoms with van der Waals surface area (Å²) in [5, 5.41) is 0.515. The molecule has 1 aliphatic rings. The zero-order valence-corrected chi connectivity index (χ0v) is 21.2. The Morgan fingerprint density at radius 1 is 1.20 bits per heavy atom. The van der Waals surface area contributed by atoms with Gasteiger partial charge in [-0.1, -0.05) is 49.0 Å². The molecular weight excluding hydrogens is 462 g/mol. The van der Waals surface area contributed by atoms with Crippen molar-refractivity contribution in [3.8, 4) is 0 Å². The highest BCUT2D eigenvalue weighted by molar-refractivity contribution is 8.00. The number of fused-ring (bicyclic) bond motifs is 1. The van der Waals surface area contributed by atoms with Crippen molar-refractivity contribution in [1.82, 2.24) is 14.5 Å². The Labute approximate surface area is 209 Å². The van der Waals surface area contributed by atoms with Crippen LogP contribution in [-0.2, 0) is 22.5 Å². The highest BCUT2D eigenvalue weighted by atomic mass is 32.2. The number of nitrogens with zero attached hydrogens (tertiary/aromatic N) is 3. The maximum absolute atomic E-state index is 13.5. The van der Waals surface area contributed by atoms with Gasteiger partial charge in [0.05, 0.1) is 28.8 Å². The molecule has 4 rings (SSSR count). The number of carbonyl (C=O) groups is 2. The van der Waals surface area contributed by atoms with Gasteiger partial charge in [-0.3, -0.25) is 14.2 Å². The summed E-state index contributed by atoms with van der Waals surface area (Å²) in [7, 11) is 1.32. The first-order valence-corrected chi connectivity index (χ1v) is 12.9. The molecule has 1 fully saturated rings. The van der Waals surface area contributed by atoms with Crippen molar-refractivity contribution in [3.05, 3.63) is 70.0 Å². The van der Waals surface area contributed by atoms with Gasteiger partial charge in [-0.15, -0.1) is 0 Å². The summed E-state index contributed by atoms with van der Waals surface area (Å²) in [5.74, 6) is 0.0669. The van der Waals surface area contributed by atoms with Gasteiger partial charge in [0.2, 0.25) is 5.91 Å². The summed E-state index contributed by atoms with van der Waals surface area (Å²) in [5.41, 5.74) is 1.68. The van der Waals surface area contributed by atoms with Crippen molar-refractivity contribution < 1.29 is 14.3 Å². The highest BCUT2D eigenvalue weighted by Crippen LogP contribution is 2.26. The average Bonchev–Trinajstić information content (AvgIpc) is 2.87. The Hall–Kier alpha value is -3.13. The van der Waals surface area contributed by atoms with Gasteiger partial charge in [0, 0.05) is 19.6 Å². The van der Waals surface area contributed by atoms with Crippen LogP contribution in [0.25, 0.3) is 10.9 Å². The van der Waals surface area contributed by atoms with E-state index < -0.39 is 11.2 Å². The van der Waals surface area contributed by atoms with Crippen molar-refractivity contribution in [2.45, 2.75) is 50.1 Å². The first-order chi connectivity index (χ1) is 16.9. The molecule has 3 aromatic rings. The van der Waals surface area contributed by atoms with E-state index in [0.29, 0.717) is 40.5 Å². The van der Waals surface area contributed by atoms with Crippen LogP contribution in [-0.4, -0.2) is 51.8 Å². The second-order valence-corrected chi connectivity index (χ2v) is 10.4. The normalized spacial score (nSPS) is 16.8. The predicted octanol–water partition coefficient (Wildman–Crippen LogP) is 4.16. The third kappa shape index (κ3) is 5.75. The number of thioether (sulfide) groups is 1. The average molecular weight is 494 g/mol. The number of methoxy groups -OCH3 is 1. The zero-order chi connectivity index (χ0) is 24.9. The molecule has 0 bridgehead atoms. The lowest BCUT2D eigenvalue weighted by Crippen LogP contribution is -2.43. The molecule has 1 aromatic heterocycles. The molecule has 35 heavy (non-hydrogen) atoms. The summed E-state index contributed by atoms with van der Waals surface area (Å²) >= 11 is 1.30. The number of ether oxygens (including phenoxy) is 1. The molecule has 7 nitrogen and oxygen atoms in total. The number of amides is 1. The molecule has 2 atom stereocenters. The van der Waals surface area contributed by atoms with Gasteiger partial charge in [-0.05, 0) is 55.9 Å². The maximum atomic E-state index is 13.5. The first-order valence-electron chi connectivity index (χ1n) is 12.0. The molecule has 0 saturated carbocycles. The van der Waals surface area contributed by atoms with Gasteiger partial charge in [0.25, 0.3) is 5.56 Å². The number of piperidine rings is 1. The van der Waals surface area contributed by atoms with Gasteiger partial charge in [0.15, 0.2) is 5.16 Å². The van der Waals surface area contributed by atoms with Crippen LogP contribution < -0.4 is 5.56 Å². The van der Waals surface area contributed by atoms with Gasteiger partial charge in [-0.25, -0.2) is 9.78 Å². The number of hydrogen-bond donors (Lipinski definition) is 0. The van der Waals surface area contributed by atoms with E-state index in [9.17, 15) is 14.4 Å². The minimum Gasteiger partial charge on any atom is -0.465 e. The van der Waals surface area contributed by atoms with Gasteiger partial charge >= 0.3 is 5.97 Å². The van der Waals surface area contributed by atoms with Crippen LogP contribution in [0.1, 0.15) is 42.6 Å².